The Morgan fingerprint density at radius 3 is 2.72 bits per heavy atom. The van der Waals surface area contributed by atoms with Gasteiger partial charge >= 0.3 is 0 Å². The monoisotopic (exact) mass is 454 g/mol. The average molecular weight is 455 g/mol. The fraction of sp³-hybridized carbons (Fsp3) is 0.174. The van der Waals surface area contributed by atoms with Gasteiger partial charge in [-0.25, -0.2) is 4.98 Å². The van der Waals surface area contributed by atoms with E-state index in [1.54, 1.807) is 36.0 Å². The fourth-order valence-electron chi connectivity index (χ4n) is 2.61. The van der Waals surface area contributed by atoms with E-state index in [0.717, 1.165) is 24.4 Å². The molecule has 2 aromatic carbocycles. The largest absolute Gasteiger partial charge is 0.493 e. The highest BCUT2D eigenvalue weighted by molar-refractivity contribution is 7.98. The number of hydrogen-bond acceptors (Lipinski definition) is 7. The lowest BCUT2D eigenvalue weighted by Gasteiger charge is -2.11. The minimum absolute atomic E-state index is 0.164. The highest BCUT2D eigenvalue weighted by Gasteiger charge is 2.11. The Kier molecular flexibility index (Phi) is 8.44. The number of benzene rings is 2. The molecule has 32 heavy (non-hydrogen) atoms. The summed E-state index contributed by atoms with van der Waals surface area (Å²) in [5.41, 5.74) is 1.17. The van der Waals surface area contributed by atoms with Gasteiger partial charge in [0.1, 0.15) is 11.5 Å². The van der Waals surface area contributed by atoms with Crippen molar-refractivity contribution in [1.29, 1.82) is 0 Å². The summed E-state index contributed by atoms with van der Waals surface area (Å²) in [6.07, 6.45) is 5.19. The van der Waals surface area contributed by atoms with Crippen LogP contribution in [0.3, 0.4) is 0 Å². The topological polar surface area (TPSA) is 85.4 Å². The van der Waals surface area contributed by atoms with Crippen LogP contribution in [0.15, 0.2) is 67.4 Å². The first-order valence-corrected chi connectivity index (χ1v) is 11.2. The predicted octanol–water partition coefficient (Wildman–Crippen LogP) is 5.41. The van der Waals surface area contributed by atoms with Gasteiger partial charge in [0.2, 0.25) is 17.7 Å². The summed E-state index contributed by atoms with van der Waals surface area (Å²) in [5, 5.41) is 5.64. The van der Waals surface area contributed by atoms with Crippen LogP contribution in [-0.2, 0) is 4.79 Å². The van der Waals surface area contributed by atoms with Crippen LogP contribution in [-0.4, -0.2) is 34.5 Å². The molecule has 0 saturated heterocycles. The first-order chi connectivity index (χ1) is 15.6. The fourth-order valence-corrected chi connectivity index (χ4v) is 3.02. The molecule has 7 nitrogen and oxygen atoms in total. The molecule has 3 rings (SSSR count). The highest BCUT2D eigenvalue weighted by Crippen LogP contribution is 2.27. The molecular weight excluding hydrogens is 431 g/mol. The van der Waals surface area contributed by atoms with E-state index in [-0.39, 0.29) is 17.7 Å². The van der Waals surface area contributed by atoms with Crippen molar-refractivity contribution >= 4 is 35.0 Å². The van der Waals surface area contributed by atoms with Gasteiger partial charge in [0.15, 0.2) is 0 Å². The smallest absolute Gasteiger partial charge is 0.260 e. The van der Waals surface area contributed by atoms with Crippen molar-refractivity contribution in [3.05, 3.63) is 73.2 Å². The number of carbonyl (C=O) groups is 1. The summed E-state index contributed by atoms with van der Waals surface area (Å²) in [7, 11) is 0. The van der Waals surface area contributed by atoms with Gasteiger partial charge in [0, 0.05) is 23.5 Å². The Balaban J connectivity index is 1.69. The van der Waals surface area contributed by atoms with E-state index >= 15 is 0 Å². The van der Waals surface area contributed by atoms with E-state index in [0.29, 0.717) is 29.5 Å². The zero-order chi connectivity index (χ0) is 22.8. The molecule has 1 aromatic heterocycles. The molecular formula is C23H23FN4O3S. The SMILES string of the molecule is C=CC(=O)Nc1cccc(Oc2nc(Nc3cccc(OCCCSC)c3)ncc2F)c1. The molecule has 9 heteroatoms. The number of carbonyl (C=O) groups excluding carboxylic acids is 1. The summed E-state index contributed by atoms with van der Waals surface area (Å²) in [6, 6.07) is 13.9. The molecule has 0 saturated carbocycles. The molecule has 0 spiro atoms. The van der Waals surface area contributed by atoms with Crippen molar-refractivity contribution in [2.24, 2.45) is 0 Å². The second kappa shape index (κ2) is 11.7. The van der Waals surface area contributed by atoms with Crippen LogP contribution in [0.4, 0.5) is 21.7 Å². The first kappa shape index (κ1) is 23.1. The van der Waals surface area contributed by atoms with Crippen LogP contribution >= 0.6 is 11.8 Å². The van der Waals surface area contributed by atoms with E-state index in [1.807, 2.05) is 24.3 Å². The van der Waals surface area contributed by atoms with E-state index in [1.165, 1.54) is 0 Å². The predicted molar refractivity (Wildman–Crippen MR) is 126 cm³/mol. The van der Waals surface area contributed by atoms with Crippen molar-refractivity contribution in [2.75, 3.05) is 29.2 Å². The molecule has 1 heterocycles. The molecule has 0 atom stereocenters. The van der Waals surface area contributed by atoms with Gasteiger partial charge in [-0.1, -0.05) is 18.7 Å². The lowest BCUT2D eigenvalue weighted by atomic mass is 10.3. The number of nitrogens with zero attached hydrogens (tertiary/aromatic N) is 2. The van der Waals surface area contributed by atoms with Crippen molar-refractivity contribution in [3.63, 3.8) is 0 Å². The molecule has 0 unspecified atom stereocenters. The van der Waals surface area contributed by atoms with Crippen LogP contribution in [0.2, 0.25) is 0 Å². The number of amides is 1. The third kappa shape index (κ3) is 6.98. The Hall–Kier alpha value is -3.59. The van der Waals surface area contributed by atoms with Gasteiger partial charge < -0.3 is 20.1 Å². The maximum Gasteiger partial charge on any atom is 0.260 e. The maximum atomic E-state index is 14.2. The molecule has 2 N–H and O–H groups in total. The number of ether oxygens (including phenoxy) is 2. The summed E-state index contributed by atoms with van der Waals surface area (Å²) in [4.78, 5) is 19.6. The van der Waals surface area contributed by atoms with Crippen LogP contribution < -0.4 is 20.1 Å². The standard InChI is InChI=1S/C23H23FN4O3S/c1-3-21(29)26-16-7-5-10-19(14-16)31-22-20(24)15-25-23(28-22)27-17-8-4-9-18(13-17)30-11-6-12-32-2/h3-5,7-10,13-15H,1,6,11-12H2,2H3,(H,26,29)(H,25,27,28). The van der Waals surface area contributed by atoms with Crippen molar-refractivity contribution < 1.29 is 18.7 Å². The molecule has 0 aliphatic rings. The molecule has 3 aromatic rings. The molecule has 0 aliphatic carbocycles. The highest BCUT2D eigenvalue weighted by atomic mass is 32.2. The molecule has 166 valence electrons. The van der Waals surface area contributed by atoms with Gasteiger partial charge in [-0.2, -0.15) is 21.1 Å². The Bertz CT molecular complexity index is 1080. The second-order valence-electron chi connectivity index (χ2n) is 6.52. The van der Waals surface area contributed by atoms with Gasteiger partial charge in [-0.3, -0.25) is 4.79 Å². The maximum absolute atomic E-state index is 14.2. The zero-order valence-corrected chi connectivity index (χ0v) is 18.3. The number of thioether (sulfide) groups is 1. The van der Waals surface area contributed by atoms with Crippen LogP contribution in [0.1, 0.15) is 6.42 Å². The van der Waals surface area contributed by atoms with Crippen LogP contribution in [0, 0.1) is 5.82 Å². The Morgan fingerprint density at radius 1 is 1.19 bits per heavy atom. The quantitative estimate of drug-likeness (QED) is 0.296. The third-order valence-corrected chi connectivity index (χ3v) is 4.76. The van der Waals surface area contributed by atoms with E-state index in [2.05, 4.69) is 33.4 Å². The van der Waals surface area contributed by atoms with E-state index in [9.17, 15) is 9.18 Å². The molecule has 0 fully saturated rings. The summed E-state index contributed by atoms with van der Waals surface area (Å²) in [5.74, 6) is 0.882. The van der Waals surface area contributed by atoms with E-state index in [4.69, 9.17) is 9.47 Å². The summed E-state index contributed by atoms with van der Waals surface area (Å²) >= 11 is 1.78. The van der Waals surface area contributed by atoms with Gasteiger partial charge in [-0.05, 0) is 48.8 Å². The normalized spacial score (nSPS) is 10.3. The third-order valence-electron chi connectivity index (χ3n) is 4.07. The molecule has 0 aliphatic heterocycles. The van der Waals surface area contributed by atoms with Crippen LogP contribution in [0.5, 0.6) is 17.4 Å². The molecule has 1 amide bonds. The Labute approximate surface area is 190 Å². The average Bonchev–Trinajstić information content (AvgIpc) is 2.79. The van der Waals surface area contributed by atoms with Crippen LogP contribution in [0.25, 0.3) is 0 Å². The van der Waals surface area contributed by atoms with E-state index < -0.39 is 5.82 Å². The Morgan fingerprint density at radius 2 is 1.94 bits per heavy atom. The van der Waals surface area contributed by atoms with Crippen molar-refractivity contribution in [2.45, 2.75) is 6.42 Å². The minimum atomic E-state index is -0.720. The molecule has 0 bridgehead atoms. The lowest BCUT2D eigenvalue weighted by molar-refractivity contribution is -0.111. The first-order valence-electron chi connectivity index (χ1n) is 9.80. The minimum Gasteiger partial charge on any atom is -0.493 e. The number of nitrogens with one attached hydrogen (secondary N) is 2. The zero-order valence-electron chi connectivity index (χ0n) is 17.5. The number of rotatable bonds is 11. The number of anilines is 3. The van der Waals surface area contributed by atoms with Gasteiger partial charge in [-0.15, -0.1) is 0 Å². The second-order valence-corrected chi connectivity index (χ2v) is 7.50. The lowest BCUT2D eigenvalue weighted by Crippen LogP contribution is -2.07. The number of hydrogen-bond donors (Lipinski definition) is 2. The molecule has 0 radical (unpaired) electrons. The number of aromatic nitrogens is 2. The van der Waals surface area contributed by atoms with Gasteiger partial charge in [0.05, 0.1) is 12.8 Å². The summed E-state index contributed by atoms with van der Waals surface area (Å²) < 4.78 is 25.6. The number of halogens is 1. The van der Waals surface area contributed by atoms with Crippen molar-refractivity contribution in [1.82, 2.24) is 9.97 Å². The van der Waals surface area contributed by atoms with Gasteiger partial charge in [0.25, 0.3) is 5.88 Å². The summed E-state index contributed by atoms with van der Waals surface area (Å²) in [6.45, 7) is 4.03. The van der Waals surface area contributed by atoms with Crippen molar-refractivity contribution in [3.8, 4) is 17.4 Å².